The van der Waals surface area contributed by atoms with Crippen LogP contribution in [-0.4, -0.2) is 42.8 Å². The Morgan fingerprint density at radius 1 is 0.755 bits per heavy atom. The Labute approximate surface area is 285 Å². The number of azo groups is 2. The Kier molecular flexibility index (Phi) is 11.1. The summed E-state index contributed by atoms with van der Waals surface area (Å²) in [5.74, 6) is 0.363. The number of hydrogen-bond acceptors (Lipinski definition) is 18. The Morgan fingerprint density at radius 3 is 2.14 bits per heavy atom. The second kappa shape index (κ2) is 15.3. The van der Waals surface area contributed by atoms with Gasteiger partial charge in [-0.15, -0.1) is 18.9 Å². The summed E-state index contributed by atoms with van der Waals surface area (Å²) in [6.07, 6.45) is 0. The molecular weight excluding hydrogens is 707 g/mol. The molecule has 5 rings (SSSR count). The lowest BCUT2D eigenvalue weighted by molar-refractivity contribution is -0.432. The van der Waals surface area contributed by atoms with Gasteiger partial charge in [-0.05, 0) is 77.9 Å². The molecule has 0 aliphatic carbocycles. The highest BCUT2D eigenvalue weighted by molar-refractivity contribution is 7.95. The molecule has 49 heavy (non-hydrogen) atoms. The van der Waals surface area contributed by atoms with E-state index in [1.807, 2.05) is 6.07 Å². The molecule has 0 amide bonds. The van der Waals surface area contributed by atoms with Gasteiger partial charge in [-0.25, -0.2) is 10.5 Å². The fraction of sp³-hybridized carbons (Fsp3) is 0.103. The van der Waals surface area contributed by atoms with Crippen LogP contribution in [0.15, 0.2) is 95.8 Å². The van der Waals surface area contributed by atoms with E-state index in [4.69, 9.17) is 25.7 Å². The molecule has 0 unspecified atom stereocenters. The number of nitrogen functional groups attached to an aromatic ring is 1. The lowest BCUT2D eigenvalue weighted by atomic mass is 10.1. The summed E-state index contributed by atoms with van der Waals surface area (Å²) in [7, 11) is -1.73. The van der Waals surface area contributed by atoms with E-state index in [0.717, 1.165) is 34.9 Å². The van der Waals surface area contributed by atoms with Crippen molar-refractivity contribution in [3.8, 4) is 17.2 Å². The number of phenols is 1. The van der Waals surface area contributed by atoms with E-state index >= 15 is 0 Å². The van der Waals surface area contributed by atoms with Gasteiger partial charge in [0, 0.05) is 21.7 Å². The van der Waals surface area contributed by atoms with Crippen molar-refractivity contribution in [1.29, 1.82) is 0 Å². The van der Waals surface area contributed by atoms with Gasteiger partial charge in [0.2, 0.25) is 0 Å². The van der Waals surface area contributed by atoms with Crippen LogP contribution in [0.1, 0.15) is 5.56 Å². The SMILES string of the molecule is COc1cc(N=Nc2ccc3c(OC)cc(SOOO)cc3c2)c(C)cc1N=Nc1c(SOOO)cc2cc(S(=O)(=O)O)c(N)cc2c1O. The Bertz CT molecular complexity index is 2220. The third-order valence-electron chi connectivity index (χ3n) is 6.89. The number of aromatic hydroxyl groups is 1. The molecule has 0 saturated carbocycles. The molecule has 0 radical (unpaired) electrons. The van der Waals surface area contributed by atoms with Crippen LogP contribution in [0, 0.1) is 6.92 Å². The lowest BCUT2D eigenvalue weighted by Crippen LogP contribution is -2.03. The maximum absolute atomic E-state index is 11.8. The maximum atomic E-state index is 11.8. The lowest BCUT2D eigenvalue weighted by Gasteiger charge is -2.12. The first-order chi connectivity index (χ1) is 23.5. The van der Waals surface area contributed by atoms with Gasteiger partial charge < -0.3 is 20.3 Å². The van der Waals surface area contributed by atoms with Crippen LogP contribution in [0.2, 0.25) is 0 Å². The second-order valence-corrected chi connectivity index (χ2v) is 12.8. The van der Waals surface area contributed by atoms with Crippen LogP contribution in [0.5, 0.6) is 17.2 Å². The van der Waals surface area contributed by atoms with Crippen molar-refractivity contribution in [3.63, 3.8) is 0 Å². The van der Waals surface area contributed by atoms with Gasteiger partial charge in [-0.2, -0.15) is 18.6 Å². The maximum Gasteiger partial charge on any atom is 0.296 e. The van der Waals surface area contributed by atoms with Crippen LogP contribution >= 0.6 is 24.1 Å². The molecule has 0 atom stereocenters. The summed E-state index contributed by atoms with van der Waals surface area (Å²) in [6, 6.07) is 15.7. The van der Waals surface area contributed by atoms with Gasteiger partial charge in [0.1, 0.15) is 27.8 Å². The van der Waals surface area contributed by atoms with Crippen molar-refractivity contribution in [2.24, 2.45) is 20.5 Å². The van der Waals surface area contributed by atoms with E-state index in [-0.39, 0.29) is 38.5 Å². The Morgan fingerprint density at radius 2 is 1.45 bits per heavy atom. The van der Waals surface area contributed by atoms with Gasteiger partial charge in [-0.1, -0.05) is 10.1 Å². The predicted octanol–water partition coefficient (Wildman–Crippen LogP) is 8.54. The van der Waals surface area contributed by atoms with Crippen molar-refractivity contribution in [2.75, 3.05) is 20.0 Å². The third kappa shape index (κ3) is 8.00. The molecule has 0 bridgehead atoms. The third-order valence-corrected chi connectivity index (χ3v) is 8.98. The molecule has 5 aromatic carbocycles. The minimum atomic E-state index is -4.68. The molecule has 0 spiro atoms. The van der Waals surface area contributed by atoms with E-state index in [0.29, 0.717) is 39.6 Å². The van der Waals surface area contributed by atoms with Crippen molar-refractivity contribution in [1.82, 2.24) is 0 Å². The summed E-state index contributed by atoms with van der Waals surface area (Å²) in [6.45, 7) is 1.77. The monoisotopic (exact) mass is 731 g/mol. The number of aryl methyl sites for hydroxylation is 1. The minimum Gasteiger partial charge on any atom is -0.505 e. The summed E-state index contributed by atoms with van der Waals surface area (Å²) in [5, 5.41) is 54.6. The highest BCUT2D eigenvalue weighted by atomic mass is 32.2. The van der Waals surface area contributed by atoms with Crippen LogP contribution in [-0.2, 0) is 28.9 Å². The first-order valence-corrected chi connectivity index (χ1v) is 16.4. The van der Waals surface area contributed by atoms with Crippen molar-refractivity contribution >= 4 is 84.2 Å². The Balaban J connectivity index is 1.49. The number of methoxy groups -OCH3 is 2. The average Bonchev–Trinajstić information content (AvgIpc) is 3.08. The first kappa shape index (κ1) is 35.7. The second-order valence-electron chi connectivity index (χ2n) is 9.85. The number of hydrogen-bond donors (Lipinski definition) is 5. The van der Waals surface area contributed by atoms with Gasteiger partial charge in [-0.3, -0.25) is 4.55 Å². The molecule has 17 nitrogen and oxygen atoms in total. The number of fused-ring (bicyclic) bond motifs is 2. The van der Waals surface area contributed by atoms with Crippen LogP contribution in [0.3, 0.4) is 0 Å². The predicted molar refractivity (Wildman–Crippen MR) is 178 cm³/mol. The van der Waals surface area contributed by atoms with Gasteiger partial charge in [0.15, 0.2) is 5.75 Å². The quantitative estimate of drug-likeness (QED) is 0.0190. The molecule has 256 valence electrons. The highest BCUT2D eigenvalue weighted by Crippen LogP contribution is 2.46. The average molecular weight is 732 g/mol. The number of phenolic OH excluding ortho intramolecular Hbond substituents is 1. The highest BCUT2D eigenvalue weighted by Gasteiger charge is 2.21. The standard InChI is InChI=1S/C29H25N5O12S3/c1-14-6-23(33-34-28-26(48-46-44-37)9-16-10-27(49(38,39)40)21(30)12-20(16)29(28)35)25(42-3)13-22(14)32-31-17-4-5-19-15(7-17)8-18(47-45-43-36)11-24(19)41-2/h4-13,35-37H,30H2,1-3H3,(H,38,39,40). The van der Waals surface area contributed by atoms with Crippen molar-refractivity contribution in [2.45, 2.75) is 21.6 Å². The van der Waals surface area contributed by atoms with E-state index in [2.05, 4.69) is 39.2 Å². The molecule has 0 saturated heterocycles. The number of nitrogens with zero attached hydrogens (tertiary/aromatic N) is 4. The molecule has 0 aromatic heterocycles. The molecule has 6 N–H and O–H groups in total. The molecule has 0 heterocycles. The fourth-order valence-electron chi connectivity index (χ4n) is 4.68. The van der Waals surface area contributed by atoms with Gasteiger partial charge in [0.25, 0.3) is 10.1 Å². The number of anilines is 1. The summed E-state index contributed by atoms with van der Waals surface area (Å²) in [5.41, 5.74) is 7.21. The molecule has 20 heteroatoms. The zero-order chi connectivity index (χ0) is 35.3. The Hall–Kier alpha value is -4.61. The van der Waals surface area contributed by atoms with E-state index in [9.17, 15) is 18.1 Å². The zero-order valence-corrected chi connectivity index (χ0v) is 27.9. The summed E-state index contributed by atoms with van der Waals surface area (Å²) >= 11 is 1.23. The fourth-order valence-corrected chi connectivity index (χ4v) is 6.25. The smallest absolute Gasteiger partial charge is 0.296 e. The zero-order valence-electron chi connectivity index (χ0n) is 25.4. The van der Waals surface area contributed by atoms with Crippen molar-refractivity contribution in [3.05, 3.63) is 66.2 Å². The van der Waals surface area contributed by atoms with E-state index in [1.54, 1.807) is 43.3 Å². The van der Waals surface area contributed by atoms with Gasteiger partial charge in [0.05, 0.1) is 60.3 Å². The number of nitrogens with two attached hydrogens (primary N) is 1. The van der Waals surface area contributed by atoms with Crippen LogP contribution < -0.4 is 15.2 Å². The molecular formula is C29H25N5O12S3. The van der Waals surface area contributed by atoms with Crippen LogP contribution in [0.25, 0.3) is 21.5 Å². The van der Waals surface area contributed by atoms with Gasteiger partial charge >= 0.3 is 0 Å². The normalized spacial score (nSPS) is 12.1. The molecule has 0 fully saturated rings. The summed E-state index contributed by atoms with van der Waals surface area (Å²) < 4.78 is 53.1. The molecule has 5 aromatic rings. The van der Waals surface area contributed by atoms with Crippen molar-refractivity contribution < 1.29 is 56.8 Å². The number of ether oxygens (including phenoxy) is 2. The van der Waals surface area contributed by atoms with E-state index in [1.165, 1.54) is 20.3 Å². The minimum absolute atomic E-state index is 0.0444. The number of rotatable bonds is 13. The largest absolute Gasteiger partial charge is 0.505 e. The molecule has 0 aliphatic rings. The van der Waals surface area contributed by atoms with Crippen LogP contribution in [0.4, 0.5) is 28.4 Å². The number of benzene rings is 5. The summed E-state index contributed by atoms with van der Waals surface area (Å²) in [4.78, 5) is 0.0728. The topological polar surface area (TPSA) is 246 Å². The van der Waals surface area contributed by atoms with E-state index < -0.39 is 20.8 Å². The first-order valence-electron chi connectivity index (χ1n) is 13.5. The molecule has 0 aliphatic heterocycles.